The monoisotopic (exact) mass is 233 g/mol. The summed E-state index contributed by atoms with van der Waals surface area (Å²) < 4.78 is 25.1. The van der Waals surface area contributed by atoms with Crippen LogP contribution in [0.15, 0.2) is 21.7 Å². The molecule has 78 valence electrons. The van der Waals surface area contributed by atoms with Gasteiger partial charge in [0.15, 0.2) is 0 Å². The molecule has 1 rings (SSSR count). The van der Waals surface area contributed by atoms with Gasteiger partial charge in [0.25, 0.3) is 10.0 Å². The molecule has 0 radical (unpaired) electrons. The van der Waals surface area contributed by atoms with Gasteiger partial charge < -0.3 is 0 Å². The Bertz CT molecular complexity index is 406. The van der Waals surface area contributed by atoms with Crippen LogP contribution in [0.2, 0.25) is 0 Å². The maximum atomic E-state index is 11.5. The Morgan fingerprint density at radius 2 is 2.14 bits per heavy atom. The highest BCUT2D eigenvalue weighted by Crippen LogP contribution is 2.15. The summed E-state index contributed by atoms with van der Waals surface area (Å²) in [7, 11) is -3.64. The molecule has 1 amide bonds. The Kier molecular flexibility index (Phi) is 3.28. The second-order valence-electron chi connectivity index (χ2n) is 3.06. The van der Waals surface area contributed by atoms with E-state index in [1.165, 1.54) is 6.07 Å². The predicted molar refractivity (Wildman–Crippen MR) is 54.5 cm³/mol. The van der Waals surface area contributed by atoms with Gasteiger partial charge in [-0.25, -0.2) is 13.1 Å². The molecule has 1 heterocycles. The minimum Gasteiger partial charge on any atom is -0.274 e. The third-order valence-electron chi connectivity index (χ3n) is 1.52. The van der Waals surface area contributed by atoms with Crippen molar-refractivity contribution < 1.29 is 13.2 Å². The highest BCUT2D eigenvalue weighted by molar-refractivity contribution is 7.92. The summed E-state index contributed by atoms with van der Waals surface area (Å²) in [5, 5.41) is 1.65. The van der Waals surface area contributed by atoms with Gasteiger partial charge in [0.05, 0.1) is 0 Å². The van der Waals surface area contributed by atoms with Gasteiger partial charge in [-0.2, -0.15) is 0 Å². The van der Waals surface area contributed by atoms with Gasteiger partial charge in [-0.05, 0) is 11.4 Å². The number of nitrogens with one attached hydrogen (secondary N) is 1. The summed E-state index contributed by atoms with van der Waals surface area (Å²) in [5.74, 6) is -0.830. The quantitative estimate of drug-likeness (QED) is 0.853. The lowest BCUT2D eigenvalue weighted by atomic mass is 10.2. The van der Waals surface area contributed by atoms with Gasteiger partial charge in [0.2, 0.25) is 5.91 Å². The average Bonchev–Trinajstić information content (AvgIpc) is 2.54. The van der Waals surface area contributed by atoms with E-state index < -0.39 is 15.9 Å². The van der Waals surface area contributed by atoms with Crippen LogP contribution in [-0.2, 0) is 14.8 Å². The van der Waals surface area contributed by atoms with Crippen LogP contribution < -0.4 is 4.72 Å². The van der Waals surface area contributed by atoms with E-state index in [1.54, 1.807) is 25.3 Å². The lowest BCUT2D eigenvalue weighted by Gasteiger charge is -2.06. The molecule has 0 saturated carbocycles. The molecule has 0 bridgehead atoms. The summed E-state index contributed by atoms with van der Waals surface area (Å²) in [4.78, 5) is 11.2. The van der Waals surface area contributed by atoms with Crippen molar-refractivity contribution in [3.8, 4) is 0 Å². The molecule has 1 aromatic rings. The van der Waals surface area contributed by atoms with Crippen LogP contribution in [-0.4, -0.2) is 14.3 Å². The van der Waals surface area contributed by atoms with Crippen LogP contribution in [0.1, 0.15) is 13.8 Å². The molecule has 1 N–H and O–H groups in total. The zero-order chi connectivity index (χ0) is 10.8. The molecule has 0 atom stereocenters. The van der Waals surface area contributed by atoms with Crippen molar-refractivity contribution in [3.05, 3.63) is 17.5 Å². The lowest BCUT2D eigenvalue weighted by molar-refractivity contribution is -0.122. The van der Waals surface area contributed by atoms with Crippen LogP contribution in [0.3, 0.4) is 0 Å². The van der Waals surface area contributed by atoms with E-state index >= 15 is 0 Å². The standard InChI is InChI=1S/C8H11NO3S2/c1-6(2)8(10)9-14(11,12)7-4-3-5-13-7/h3-6H,1-2H3,(H,9,10). The number of carbonyl (C=O) groups is 1. The van der Waals surface area contributed by atoms with Crippen molar-refractivity contribution in [1.82, 2.24) is 4.72 Å². The van der Waals surface area contributed by atoms with Crippen molar-refractivity contribution in [1.29, 1.82) is 0 Å². The Labute approximate surface area is 87.0 Å². The van der Waals surface area contributed by atoms with Gasteiger partial charge >= 0.3 is 0 Å². The fourth-order valence-corrected chi connectivity index (χ4v) is 2.82. The van der Waals surface area contributed by atoms with Crippen molar-refractivity contribution in [2.24, 2.45) is 5.92 Å². The zero-order valence-electron chi connectivity index (χ0n) is 7.85. The number of carbonyl (C=O) groups excluding carboxylic acids is 1. The third kappa shape index (κ3) is 2.55. The minimum absolute atomic E-state index is 0.159. The van der Waals surface area contributed by atoms with E-state index in [1.807, 2.05) is 4.72 Å². The lowest BCUT2D eigenvalue weighted by Crippen LogP contribution is -2.33. The van der Waals surface area contributed by atoms with Crippen LogP contribution in [0, 0.1) is 5.92 Å². The molecule has 1 aromatic heterocycles. The van der Waals surface area contributed by atoms with E-state index in [0.717, 1.165) is 11.3 Å². The predicted octanol–water partition coefficient (Wildman–Crippen LogP) is 1.21. The van der Waals surface area contributed by atoms with Crippen molar-refractivity contribution in [3.63, 3.8) is 0 Å². The largest absolute Gasteiger partial charge is 0.274 e. The molecule has 0 aliphatic rings. The molecule has 0 aromatic carbocycles. The van der Waals surface area contributed by atoms with Crippen LogP contribution in [0.25, 0.3) is 0 Å². The highest BCUT2D eigenvalue weighted by Gasteiger charge is 2.19. The van der Waals surface area contributed by atoms with Crippen LogP contribution >= 0.6 is 11.3 Å². The van der Waals surface area contributed by atoms with Crippen molar-refractivity contribution in [2.75, 3.05) is 0 Å². The Morgan fingerprint density at radius 3 is 2.57 bits per heavy atom. The van der Waals surface area contributed by atoms with E-state index in [4.69, 9.17) is 0 Å². The van der Waals surface area contributed by atoms with E-state index in [-0.39, 0.29) is 10.1 Å². The smallest absolute Gasteiger partial charge is 0.273 e. The zero-order valence-corrected chi connectivity index (χ0v) is 9.48. The summed E-state index contributed by atoms with van der Waals surface area (Å²) in [5.41, 5.74) is 0. The van der Waals surface area contributed by atoms with E-state index in [0.29, 0.717) is 0 Å². The second-order valence-corrected chi connectivity index (χ2v) is 5.91. The number of hydrogen-bond acceptors (Lipinski definition) is 4. The Morgan fingerprint density at radius 1 is 1.50 bits per heavy atom. The normalized spacial score (nSPS) is 11.6. The van der Waals surface area contributed by atoms with Crippen molar-refractivity contribution in [2.45, 2.75) is 18.1 Å². The Hall–Kier alpha value is -0.880. The molecule has 0 aliphatic carbocycles. The summed E-state index contributed by atoms with van der Waals surface area (Å²) in [6.45, 7) is 3.28. The molecule has 0 spiro atoms. The van der Waals surface area contributed by atoms with Gasteiger partial charge in [0, 0.05) is 5.92 Å². The summed E-state index contributed by atoms with van der Waals surface area (Å²) in [6, 6.07) is 3.08. The topological polar surface area (TPSA) is 63.2 Å². The number of sulfonamides is 1. The number of rotatable bonds is 3. The first-order valence-electron chi connectivity index (χ1n) is 4.03. The number of hydrogen-bond donors (Lipinski definition) is 1. The summed E-state index contributed by atoms with van der Waals surface area (Å²) in [6.07, 6.45) is 0. The highest BCUT2D eigenvalue weighted by atomic mass is 32.2. The molecule has 0 saturated heterocycles. The third-order valence-corrected chi connectivity index (χ3v) is 4.26. The van der Waals surface area contributed by atoms with Crippen LogP contribution in [0.4, 0.5) is 0 Å². The maximum Gasteiger partial charge on any atom is 0.273 e. The first kappa shape index (κ1) is 11.2. The molecule has 0 aliphatic heterocycles. The van der Waals surface area contributed by atoms with Crippen molar-refractivity contribution >= 4 is 27.3 Å². The fraction of sp³-hybridized carbons (Fsp3) is 0.375. The molecular weight excluding hydrogens is 222 g/mol. The molecule has 0 fully saturated rings. The van der Waals surface area contributed by atoms with Gasteiger partial charge in [-0.3, -0.25) is 4.79 Å². The number of amides is 1. The molecule has 14 heavy (non-hydrogen) atoms. The first-order valence-corrected chi connectivity index (χ1v) is 6.40. The van der Waals surface area contributed by atoms with Gasteiger partial charge in [0.1, 0.15) is 4.21 Å². The van der Waals surface area contributed by atoms with E-state index in [9.17, 15) is 13.2 Å². The van der Waals surface area contributed by atoms with Gasteiger partial charge in [-0.15, -0.1) is 11.3 Å². The van der Waals surface area contributed by atoms with Crippen LogP contribution in [0.5, 0.6) is 0 Å². The minimum atomic E-state index is -3.64. The average molecular weight is 233 g/mol. The SMILES string of the molecule is CC(C)C(=O)NS(=O)(=O)c1cccs1. The molecular formula is C8H11NO3S2. The summed E-state index contributed by atoms with van der Waals surface area (Å²) >= 11 is 1.08. The number of thiophene rings is 1. The van der Waals surface area contributed by atoms with Gasteiger partial charge in [-0.1, -0.05) is 19.9 Å². The van der Waals surface area contributed by atoms with E-state index in [2.05, 4.69) is 0 Å². The molecule has 4 nitrogen and oxygen atoms in total. The Balaban J connectivity index is 2.84. The fourth-order valence-electron chi connectivity index (χ4n) is 0.717. The molecule has 0 unspecified atom stereocenters. The second kappa shape index (κ2) is 4.10. The molecule has 6 heteroatoms. The first-order chi connectivity index (χ1) is 6.43. The maximum absolute atomic E-state index is 11.5.